The summed E-state index contributed by atoms with van der Waals surface area (Å²) >= 11 is 0. The monoisotopic (exact) mass is 285 g/mol. The maximum Gasteiger partial charge on any atom is 0.326 e. The molecule has 0 radical (unpaired) electrons. The van der Waals surface area contributed by atoms with Gasteiger partial charge in [0.15, 0.2) is 0 Å². The van der Waals surface area contributed by atoms with Gasteiger partial charge < -0.3 is 10.5 Å². The van der Waals surface area contributed by atoms with Crippen molar-refractivity contribution < 1.29 is 9.53 Å². The van der Waals surface area contributed by atoms with Gasteiger partial charge in [-0.25, -0.2) is 0 Å². The lowest BCUT2D eigenvalue weighted by molar-refractivity contribution is -0.160. The normalized spacial score (nSPS) is 14.7. The van der Waals surface area contributed by atoms with E-state index in [1.807, 2.05) is 39.0 Å². The molecule has 1 atom stereocenters. The molecule has 2 rings (SSSR count). The van der Waals surface area contributed by atoms with Crippen LogP contribution < -0.4 is 5.73 Å². The molecule has 3 nitrogen and oxygen atoms in total. The quantitative estimate of drug-likeness (QED) is 0.879. The van der Waals surface area contributed by atoms with E-state index in [-0.39, 0.29) is 5.97 Å². The van der Waals surface area contributed by atoms with E-state index in [0.29, 0.717) is 6.42 Å². The van der Waals surface area contributed by atoms with E-state index in [2.05, 4.69) is 24.3 Å². The minimum absolute atomic E-state index is 0.372. The molecule has 0 aliphatic rings. The van der Waals surface area contributed by atoms with Crippen LogP contribution in [0.2, 0.25) is 0 Å². The van der Waals surface area contributed by atoms with Gasteiger partial charge >= 0.3 is 5.97 Å². The number of fused-ring (bicyclic) bond motifs is 1. The number of esters is 1. The van der Waals surface area contributed by atoms with E-state index >= 15 is 0 Å². The van der Waals surface area contributed by atoms with E-state index in [4.69, 9.17) is 10.5 Å². The second-order valence-corrected chi connectivity index (χ2v) is 6.78. The molecule has 0 spiro atoms. The van der Waals surface area contributed by atoms with Crippen LogP contribution in [0.3, 0.4) is 0 Å². The smallest absolute Gasteiger partial charge is 0.326 e. The van der Waals surface area contributed by atoms with Gasteiger partial charge in [-0.1, -0.05) is 42.5 Å². The second kappa shape index (κ2) is 5.49. The third-order valence-corrected chi connectivity index (χ3v) is 3.25. The zero-order valence-corrected chi connectivity index (χ0v) is 13.1. The van der Waals surface area contributed by atoms with Crippen molar-refractivity contribution >= 4 is 16.7 Å². The fourth-order valence-electron chi connectivity index (χ4n) is 2.24. The zero-order valence-electron chi connectivity index (χ0n) is 13.1. The maximum absolute atomic E-state index is 12.2. The fourth-order valence-corrected chi connectivity index (χ4v) is 2.24. The third-order valence-electron chi connectivity index (χ3n) is 3.25. The molecular weight excluding hydrogens is 262 g/mol. The molecule has 2 aromatic carbocycles. The number of carbonyl (C=O) groups is 1. The van der Waals surface area contributed by atoms with E-state index in [1.165, 1.54) is 5.39 Å². The highest BCUT2D eigenvalue weighted by Crippen LogP contribution is 2.21. The first-order valence-corrected chi connectivity index (χ1v) is 7.17. The Morgan fingerprint density at radius 2 is 1.67 bits per heavy atom. The topological polar surface area (TPSA) is 52.3 Å². The minimum Gasteiger partial charge on any atom is -0.459 e. The summed E-state index contributed by atoms with van der Waals surface area (Å²) in [5.74, 6) is -0.372. The Labute approximate surface area is 126 Å². The molecule has 2 N–H and O–H groups in total. The van der Waals surface area contributed by atoms with Gasteiger partial charge in [0, 0.05) is 6.42 Å². The van der Waals surface area contributed by atoms with E-state index in [9.17, 15) is 4.79 Å². The van der Waals surface area contributed by atoms with Crippen LogP contribution in [0.1, 0.15) is 33.3 Å². The molecule has 2 aromatic rings. The van der Waals surface area contributed by atoms with E-state index in [1.54, 1.807) is 6.92 Å². The maximum atomic E-state index is 12.2. The third kappa shape index (κ3) is 4.05. The van der Waals surface area contributed by atoms with Crippen LogP contribution in [0.5, 0.6) is 0 Å². The first kappa shape index (κ1) is 15.5. The molecule has 0 bridgehead atoms. The molecule has 0 aromatic heterocycles. The summed E-state index contributed by atoms with van der Waals surface area (Å²) in [6.07, 6.45) is 0.451. The highest BCUT2D eigenvalue weighted by molar-refractivity contribution is 5.84. The van der Waals surface area contributed by atoms with Gasteiger partial charge in [-0.3, -0.25) is 4.79 Å². The van der Waals surface area contributed by atoms with Gasteiger partial charge in [0.05, 0.1) is 0 Å². The summed E-state index contributed by atoms with van der Waals surface area (Å²) in [6.45, 7) is 7.25. The van der Waals surface area contributed by atoms with Crippen LogP contribution in [0, 0.1) is 0 Å². The van der Waals surface area contributed by atoms with Crippen molar-refractivity contribution in [1.29, 1.82) is 0 Å². The first-order chi connectivity index (χ1) is 9.67. The summed E-state index contributed by atoms with van der Waals surface area (Å²) in [6, 6.07) is 14.3. The molecule has 21 heavy (non-hydrogen) atoms. The van der Waals surface area contributed by atoms with Gasteiger partial charge in [-0.15, -0.1) is 0 Å². The average molecular weight is 285 g/mol. The minimum atomic E-state index is -1.03. The number of hydrogen-bond acceptors (Lipinski definition) is 3. The Morgan fingerprint density at radius 3 is 2.29 bits per heavy atom. The molecule has 0 aliphatic heterocycles. The predicted molar refractivity (Wildman–Crippen MR) is 86.1 cm³/mol. The molecule has 0 fully saturated rings. The number of nitrogens with two attached hydrogens (primary N) is 1. The number of benzene rings is 2. The molecule has 0 heterocycles. The van der Waals surface area contributed by atoms with Gasteiger partial charge in [0.25, 0.3) is 0 Å². The lowest BCUT2D eigenvalue weighted by atomic mass is 9.92. The highest BCUT2D eigenvalue weighted by Gasteiger charge is 2.33. The van der Waals surface area contributed by atoms with Crippen molar-refractivity contribution in [3.05, 3.63) is 48.0 Å². The molecule has 0 aliphatic carbocycles. The Morgan fingerprint density at radius 1 is 1.05 bits per heavy atom. The largest absolute Gasteiger partial charge is 0.459 e. The van der Waals surface area contributed by atoms with Gasteiger partial charge in [0.1, 0.15) is 11.1 Å². The van der Waals surface area contributed by atoms with Crippen molar-refractivity contribution in [1.82, 2.24) is 0 Å². The number of ether oxygens (including phenoxy) is 1. The van der Waals surface area contributed by atoms with Gasteiger partial charge in [0.2, 0.25) is 0 Å². The molecule has 0 amide bonds. The SMILES string of the molecule is CC(C)(C)OC(=O)[C@@](C)(N)Cc1ccc2ccccc2c1. The van der Waals surface area contributed by atoms with E-state index in [0.717, 1.165) is 10.9 Å². The van der Waals surface area contributed by atoms with Crippen LogP contribution >= 0.6 is 0 Å². The summed E-state index contributed by atoms with van der Waals surface area (Å²) in [7, 11) is 0. The standard InChI is InChI=1S/C18H23NO2/c1-17(2,3)21-16(20)18(4,19)12-13-9-10-14-7-5-6-8-15(14)11-13/h5-11H,12,19H2,1-4H3/t18-/m0/s1. The fraction of sp³-hybridized carbons (Fsp3) is 0.389. The zero-order chi connectivity index (χ0) is 15.7. The average Bonchev–Trinajstić information content (AvgIpc) is 2.36. The lowest BCUT2D eigenvalue weighted by Crippen LogP contribution is -2.50. The van der Waals surface area contributed by atoms with Crippen molar-refractivity contribution in [3.8, 4) is 0 Å². The van der Waals surface area contributed by atoms with Crippen molar-refractivity contribution in [2.75, 3.05) is 0 Å². The first-order valence-electron chi connectivity index (χ1n) is 7.17. The van der Waals surface area contributed by atoms with E-state index < -0.39 is 11.1 Å². The summed E-state index contributed by atoms with van der Waals surface area (Å²) < 4.78 is 5.40. The molecule has 112 valence electrons. The Kier molecular flexibility index (Phi) is 4.06. The summed E-state index contributed by atoms with van der Waals surface area (Å²) in [5, 5.41) is 2.33. The number of hydrogen-bond donors (Lipinski definition) is 1. The van der Waals surface area contributed by atoms with Crippen LogP contribution in [-0.2, 0) is 16.0 Å². The molecular formula is C18H23NO2. The Hall–Kier alpha value is -1.87. The van der Waals surface area contributed by atoms with Crippen LogP contribution in [-0.4, -0.2) is 17.1 Å². The lowest BCUT2D eigenvalue weighted by Gasteiger charge is -2.28. The number of carbonyl (C=O) groups excluding carboxylic acids is 1. The van der Waals surface area contributed by atoms with Crippen molar-refractivity contribution in [2.24, 2.45) is 5.73 Å². The second-order valence-electron chi connectivity index (χ2n) is 6.78. The summed E-state index contributed by atoms with van der Waals surface area (Å²) in [4.78, 5) is 12.2. The van der Waals surface area contributed by atoms with Gasteiger partial charge in [-0.05, 0) is 44.0 Å². The number of rotatable bonds is 3. The van der Waals surface area contributed by atoms with Crippen molar-refractivity contribution in [3.63, 3.8) is 0 Å². The molecule has 0 saturated heterocycles. The molecule has 0 unspecified atom stereocenters. The van der Waals surface area contributed by atoms with Crippen LogP contribution in [0.4, 0.5) is 0 Å². The van der Waals surface area contributed by atoms with Crippen LogP contribution in [0.25, 0.3) is 10.8 Å². The molecule has 3 heteroatoms. The van der Waals surface area contributed by atoms with Crippen molar-refractivity contribution in [2.45, 2.75) is 45.3 Å². The van der Waals surface area contributed by atoms with Gasteiger partial charge in [-0.2, -0.15) is 0 Å². The summed E-state index contributed by atoms with van der Waals surface area (Å²) in [5.41, 5.74) is 5.64. The molecule has 0 saturated carbocycles. The Balaban J connectivity index is 2.19. The Bertz CT molecular complexity index is 654. The highest BCUT2D eigenvalue weighted by atomic mass is 16.6. The van der Waals surface area contributed by atoms with Crippen LogP contribution in [0.15, 0.2) is 42.5 Å². The predicted octanol–water partition coefficient (Wildman–Crippen LogP) is 3.44.